The molecule has 0 heterocycles. The summed E-state index contributed by atoms with van der Waals surface area (Å²) >= 11 is 5.49. The summed E-state index contributed by atoms with van der Waals surface area (Å²) in [5, 5.41) is 0.168. The minimum Gasteiger partial charge on any atom is -0.354 e. The first-order chi connectivity index (χ1) is 4.74. The Morgan fingerprint density at radius 1 is 1.50 bits per heavy atom. The van der Waals surface area contributed by atoms with Crippen molar-refractivity contribution in [2.24, 2.45) is 0 Å². The summed E-state index contributed by atoms with van der Waals surface area (Å²) in [5.41, 5.74) is 4.60. The second-order valence-corrected chi connectivity index (χ2v) is 2.41. The van der Waals surface area contributed by atoms with E-state index in [1.54, 1.807) is 12.1 Å². The van der Waals surface area contributed by atoms with Gasteiger partial charge in [0.1, 0.15) is 5.82 Å². The molecule has 0 saturated heterocycles. The molecule has 3 N–H and O–H groups in total. The van der Waals surface area contributed by atoms with E-state index < -0.39 is 0 Å². The first-order valence-electron chi connectivity index (χ1n) is 2.97. The van der Waals surface area contributed by atoms with Crippen LogP contribution in [0, 0.1) is 5.82 Å². The number of rotatable bonds is 1. The highest BCUT2D eigenvalue weighted by Gasteiger charge is 1.98. The molecule has 0 saturated carbocycles. The zero-order valence-electron chi connectivity index (χ0n) is 5.40. The molecule has 1 aromatic carbocycles. The van der Waals surface area contributed by atoms with Crippen molar-refractivity contribution in [1.29, 1.82) is 0 Å². The number of quaternary nitrogens is 1. The Balaban J connectivity index is 3.04. The van der Waals surface area contributed by atoms with Crippen LogP contribution in [0.1, 0.15) is 5.56 Å². The number of hydrogen-bond donors (Lipinski definition) is 1. The fourth-order valence-electron chi connectivity index (χ4n) is 0.695. The predicted octanol–water partition coefficient (Wildman–Crippen LogP) is 1.22. The van der Waals surface area contributed by atoms with Gasteiger partial charge in [-0.15, -0.1) is 0 Å². The van der Waals surface area contributed by atoms with Crippen molar-refractivity contribution >= 4 is 11.6 Å². The third-order valence-corrected chi connectivity index (χ3v) is 1.56. The lowest BCUT2D eigenvalue weighted by Gasteiger charge is -1.95. The molecular formula is C7H8ClFN+. The Morgan fingerprint density at radius 2 is 2.20 bits per heavy atom. The largest absolute Gasteiger partial charge is 0.354 e. The van der Waals surface area contributed by atoms with E-state index in [0.717, 1.165) is 5.56 Å². The minimum atomic E-state index is -0.376. The number of benzene rings is 1. The lowest BCUT2D eigenvalue weighted by molar-refractivity contribution is -0.386. The van der Waals surface area contributed by atoms with Crippen molar-refractivity contribution in [3.05, 3.63) is 34.6 Å². The van der Waals surface area contributed by atoms with Crippen LogP contribution in [0.2, 0.25) is 5.02 Å². The summed E-state index contributed by atoms with van der Waals surface area (Å²) in [6, 6.07) is 4.61. The summed E-state index contributed by atoms with van der Waals surface area (Å²) in [4.78, 5) is 0. The van der Waals surface area contributed by atoms with Crippen LogP contribution in [-0.2, 0) is 6.54 Å². The van der Waals surface area contributed by atoms with Gasteiger partial charge < -0.3 is 5.73 Å². The molecule has 0 fully saturated rings. The van der Waals surface area contributed by atoms with Crippen molar-refractivity contribution in [1.82, 2.24) is 0 Å². The van der Waals surface area contributed by atoms with Gasteiger partial charge in [-0.05, 0) is 12.1 Å². The van der Waals surface area contributed by atoms with Gasteiger partial charge in [-0.3, -0.25) is 0 Å². The maximum Gasteiger partial charge on any atom is 0.141 e. The average molecular weight is 161 g/mol. The predicted molar refractivity (Wildman–Crippen MR) is 38.0 cm³/mol. The van der Waals surface area contributed by atoms with Crippen LogP contribution in [0.3, 0.4) is 0 Å². The van der Waals surface area contributed by atoms with Crippen LogP contribution in [0.25, 0.3) is 0 Å². The van der Waals surface area contributed by atoms with Crippen molar-refractivity contribution in [2.75, 3.05) is 0 Å². The highest BCUT2D eigenvalue weighted by Crippen LogP contribution is 2.14. The molecule has 0 aromatic heterocycles. The molecule has 1 aromatic rings. The van der Waals surface area contributed by atoms with E-state index >= 15 is 0 Å². The molecule has 1 nitrogen and oxygen atoms in total. The standard InChI is InChI=1S/C7H7ClFN/c8-6-3-5(4-10)1-2-7(6)9/h1-3H,4,10H2/p+1. The Morgan fingerprint density at radius 3 is 2.70 bits per heavy atom. The average Bonchev–Trinajstić information content (AvgIpc) is 1.95. The van der Waals surface area contributed by atoms with E-state index in [9.17, 15) is 4.39 Å². The lowest BCUT2D eigenvalue weighted by Crippen LogP contribution is -2.47. The minimum absolute atomic E-state index is 0.168. The molecule has 54 valence electrons. The van der Waals surface area contributed by atoms with Crippen LogP contribution >= 0.6 is 11.6 Å². The zero-order chi connectivity index (χ0) is 7.56. The summed E-state index contributed by atoms with van der Waals surface area (Å²) in [5.74, 6) is -0.376. The van der Waals surface area contributed by atoms with Crippen molar-refractivity contribution in [2.45, 2.75) is 6.54 Å². The highest BCUT2D eigenvalue weighted by molar-refractivity contribution is 6.30. The molecule has 0 atom stereocenters. The van der Waals surface area contributed by atoms with Gasteiger partial charge in [0.15, 0.2) is 0 Å². The topological polar surface area (TPSA) is 27.6 Å². The molecule has 0 aliphatic heterocycles. The monoisotopic (exact) mass is 160 g/mol. The fraction of sp³-hybridized carbons (Fsp3) is 0.143. The quantitative estimate of drug-likeness (QED) is 0.640. The molecule has 0 aliphatic rings. The van der Waals surface area contributed by atoms with E-state index in [1.807, 2.05) is 0 Å². The van der Waals surface area contributed by atoms with Gasteiger partial charge in [0.2, 0.25) is 0 Å². The van der Waals surface area contributed by atoms with E-state index in [2.05, 4.69) is 5.73 Å². The first-order valence-corrected chi connectivity index (χ1v) is 3.35. The Kier molecular flexibility index (Phi) is 2.25. The van der Waals surface area contributed by atoms with Crippen molar-refractivity contribution in [3.8, 4) is 0 Å². The van der Waals surface area contributed by atoms with E-state index in [1.165, 1.54) is 6.07 Å². The van der Waals surface area contributed by atoms with Gasteiger partial charge in [0, 0.05) is 5.56 Å². The van der Waals surface area contributed by atoms with Crippen molar-refractivity contribution < 1.29 is 10.1 Å². The van der Waals surface area contributed by atoms with Crippen LogP contribution in [-0.4, -0.2) is 0 Å². The van der Waals surface area contributed by atoms with E-state index in [4.69, 9.17) is 11.6 Å². The van der Waals surface area contributed by atoms with Crippen LogP contribution in [0.5, 0.6) is 0 Å². The second-order valence-electron chi connectivity index (χ2n) is 2.00. The number of hydrogen-bond acceptors (Lipinski definition) is 0. The van der Waals surface area contributed by atoms with Crippen LogP contribution in [0.15, 0.2) is 18.2 Å². The van der Waals surface area contributed by atoms with Gasteiger partial charge in [-0.1, -0.05) is 17.7 Å². The van der Waals surface area contributed by atoms with Gasteiger partial charge in [-0.2, -0.15) is 0 Å². The Bertz CT molecular complexity index is 237. The Labute approximate surface area is 63.6 Å². The molecular weight excluding hydrogens is 153 g/mol. The molecule has 0 bridgehead atoms. The molecule has 0 spiro atoms. The fourth-order valence-corrected chi connectivity index (χ4v) is 0.898. The summed E-state index contributed by atoms with van der Waals surface area (Å²) < 4.78 is 12.5. The SMILES string of the molecule is [NH3+]Cc1ccc(F)c(Cl)c1. The zero-order valence-corrected chi connectivity index (χ0v) is 6.16. The third-order valence-electron chi connectivity index (χ3n) is 1.27. The first kappa shape index (κ1) is 7.51. The summed E-state index contributed by atoms with van der Waals surface area (Å²) in [7, 11) is 0. The van der Waals surface area contributed by atoms with Crippen LogP contribution < -0.4 is 5.73 Å². The Hall–Kier alpha value is -0.600. The molecule has 3 heteroatoms. The van der Waals surface area contributed by atoms with Gasteiger partial charge in [-0.25, -0.2) is 4.39 Å². The summed E-state index contributed by atoms with van der Waals surface area (Å²) in [6.45, 7) is 0.639. The maximum absolute atomic E-state index is 12.5. The molecule has 1 rings (SSSR count). The maximum atomic E-state index is 12.5. The molecule has 0 aliphatic carbocycles. The van der Waals surface area contributed by atoms with Gasteiger partial charge >= 0.3 is 0 Å². The highest BCUT2D eigenvalue weighted by atomic mass is 35.5. The van der Waals surface area contributed by atoms with Crippen molar-refractivity contribution in [3.63, 3.8) is 0 Å². The van der Waals surface area contributed by atoms with E-state index in [0.29, 0.717) is 6.54 Å². The molecule has 0 radical (unpaired) electrons. The molecule has 10 heavy (non-hydrogen) atoms. The lowest BCUT2D eigenvalue weighted by atomic mass is 10.2. The normalized spacial score (nSPS) is 9.90. The van der Waals surface area contributed by atoms with Crippen LogP contribution in [0.4, 0.5) is 4.39 Å². The van der Waals surface area contributed by atoms with Gasteiger partial charge in [0.05, 0.1) is 11.6 Å². The van der Waals surface area contributed by atoms with E-state index in [-0.39, 0.29) is 10.8 Å². The summed E-state index contributed by atoms with van der Waals surface area (Å²) in [6.07, 6.45) is 0. The smallest absolute Gasteiger partial charge is 0.141 e. The third kappa shape index (κ3) is 1.46. The molecule has 0 amide bonds. The van der Waals surface area contributed by atoms with Gasteiger partial charge in [0.25, 0.3) is 0 Å². The number of halogens is 2. The second kappa shape index (κ2) is 2.99. The molecule has 0 unspecified atom stereocenters.